The molecule has 1 amide bonds. The first-order valence-corrected chi connectivity index (χ1v) is 9.85. The van der Waals surface area contributed by atoms with Crippen LogP contribution in [0.4, 0.5) is 4.39 Å². The van der Waals surface area contributed by atoms with Crippen molar-refractivity contribution >= 4 is 5.91 Å². The Hall–Kier alpha value is -3.67. The van der Waals surface area contributed by atoms with Gasteiger partial charge in [-0.25, -0.2) is 4.39 Å². The number of pyridine rings is 1. The fraction of sp³-hybridized carbons (Fsp3) is 0.200. The molecule has 5 nitrogen and oxygen atoms in total. The Morgan fingerprint density at radius 1 is 1.19 bits per heavy atom. The van der Waals surface area contributed by atoms with Crippen molar-refractivity contribution in [2.45, 2.75) is 27.3 Å². The first-order valence-electron chi connectivity index (χ1n) is 9.85. The summed E-state index contributed by atoms with van der Waals surface area (Å²) in [4.78, 5) is 23.6. The van der Waals surface area contributed by atoms with E-state index < -0.39 is 11.4 Å². The predicted octanol–water partition coefficient (Wildman–Crippen LogP) is 4.71. The van der Waals surface area contributed by atoms with Gasteiger partial charge in [-0.3, -0.25) is 9.59 Å². The van der Waals surface area contributed by atoms with Crippen molar-refractivity contribution in [1.82, 2.24) is 9.88 Å². The number of nitrogens with zero attached hydrogens (tertiary/aromatic N) is 1. The molecular formula is C25H25FN2O3. The summed E-state index contributed by atoms with van der Waals surface area (Å²) in [5.74, 6) is 0.110. The number of nitrogens with one attached hydrogen (secondary N) is 1. The molecule has 6 heteroatoms. The lowest BCUT2D eigenvalue weighted by Crippen LogP contribution is -2.21. The summed E-state index contributed by atoms with van der Waals surface area (Å²) in [6.45, 7) is 9.52. The highest BCUT2D eigenvalue weighted by Crippen LogP contribution is 2.39. The number of ether oxygens (including phenoxy) is 1. The summed E-state index contributed by atoms with van der Waals surface area (Å²) in [5.41, 5.74) is 3.90. The maximum Gasteiger partial charge on any atom is 0.253 e. The van der Waals surface area contributed by atoms with E-state index in [1.165, 1.54) is 16.8 Å². The molecule has 0 aliphatic heterocycles. The number of carbonyl (C=O) groups excluding carboxylic acids is 1. The highest BCUT2D eigenvalue weighted by molar-refractivity contribution is 5.87. The molecular weight excluding hydrogens is 395 g/mol. The van der Waals surface area contributed by atoms with Crippen LogP contribution in [0, 0.1) is 26.6 Å². The second-order valence-electron chi connectivity index (χ2n) is 7.53. The van der Waals surface area contributed by atoms with Crippen LogP contribution in [0.3, 0.4) is 0 Å². The molecule has 0 fully saturated rings. The molecule has 2 aromatic carbocycles. The quantitative estimate of drug-likeness (QED) is 0.588. The van der Waals surface area contributed by atoms with Crippen molar-refractivity contribution in [2.24, 2.45) is 7.05 Å². The third kappa shape index (κ3) is 4.74. The van der Waals surface area contributed by atoms with Gasteiger partial charge in [0.1, 0.15) is 17.3 Å². The van der Waals surface area contributed by atoms with Crippen LogP contribution in [0.1, 0.15) is 22.3 Å². The molecule has 0 radical (unpaired) electrons. The monoisotopic (exact) mass is 420 g/mol. The lowest BCUT2D eigenvalue weighted by molar-refractivity contribution is -0.116. The summed E-state index contributed by atoms with van der Waals surface area (Å²) in [6, 6.07) is 10.3. The summed E-state index contributed by atoms with van der Waals surface area (Å²) in [5, 5.41) is 2.72. The van der Waals surface area contributed by atoms with Crippen LogP contribution in [-0.4, -0.2) is 10.5 Å². The molecule has 0 atom stereocenters. The minimum Gasteiger partial charge on any atom is -0.456 e. The summed E-state index contributed by atoms with van der Waals surface area (Å²) < 4.78 is 22.5. The van der Waals surface area contributed by atoms with E-state index in [0.29, 0.717) is 22.6 Å². The van der Waals surface area contributed by atoms with Gasteiger partial charge in [0.2, 0.25) is 5.91 Å². The number of hydrogen-bond acceptors (Lipinski definition) is 3. The number of aryl methyl sites for hydroxylation is 4. The number of carbonyl (C=O) groups is 1. The predicted molar refractivity (Wildman–Crippen MR) is 120 cm³/mol. The Morgan fingerprint density at radius 3 is 2.52 bits per heavy atom. The summed E-state index contributed by atoms with van der Waals surface area (Å²) >= 11 is 0. The standard InChI is InChI=1S/C25H25FN2O3/c1-6-22(29)27-13-18-8-7-9-21(31-25-16(3)10-15(2)11-17(25)4)24(18)19-14-28(5)23(30)12-20(19)26/h6-12,14H,1,13H2,2-5H3,(H,27,29). The van der Waals surface area contributed by atoms with E-state index in [0.717, 1.165) is 22.8 Å². The van der Waals surface area contributed by atoms with Crippen LogP contribution in [0.25, 0.3) is 11.1 Å². The van der Waals surface area contributed by atoms with Crippen molar-refractivity contribution in [2.75, 3.05) is 0 Å². The highest BCUT2D eigenvalue weighted by Gasteiger charge is 2.19. The zero-order valence-corrected chi connectivity index (χ0v) is 18.1. The Labute approximate surface area is 180 Å². The number of amides is 1. The van der Waals surface area contributed by atoms with Gasteiger partial charge in [-0.05, 0) is 49.6 Å². The summed E-state index contributed by atoms with van der Waals surface area (Å²) in [7, 11) is 1.56. The molecule has 1 heterocycles. The Morgan fingerprint density at radius 2 is 1.87 bits per heavy atom. The fourth-order valence-electron chi connectivity index (χ4n) is 3.60. The molecule has 3 rings (SSSR count). The lowest BCUT2D eigenvalue weighted by Gasteiger charge is -2.19. The first kappa shape index (κ1) is 22.0. The van der Waals surface area contributed by atoms with Crippen molar-refractivity contribution in [3.63, 3.8) is 0 Å². The molecule has 160 valence electrons. The molecule has 0 spiro atoms. The molecule has 0 bridgehead atoms. The highest BCUT2D eigenvalue weighted by atomic mass is 19.1. The molecule has 0 aliphatic rings. The van der Waals surface area contributed by atoms with Gasteiger partial charge < -0.3 is 14.6 Å². The largest absolute Gasteiger partial charge is 0.456 e. The van der Waals surface area contributed by atoms with E-state index in [4.69, 9.17) is 4.74 Å². The minimum atomic E-state index is -0.659. The molecule has 0 aliphatic carbocycles. The van der Waals surface area contributed by atoms with Crippen molar-refractivity contribution in [1.29, 1.82) is 0 Å². The van der Waals surface area contributed by atoms with E-state index >= 15 is 0 Å². The Balaban J connectivity index is 2.20. The van der Waals surface area contributed by atoms with Crippen molar-refractivity contribution < 1.29 is 13.9 Å². The SMILES string of the molecule is C=CC(=O)NCc1cccc(Oc2c(C)cc(C)cc2C)c1-c1cn(C)c(=O)cc1F. The maximum absolute atomic E-state index is 14.9. The molecule has 31 heavy (non-hydrogen) atoms. The molecule has 0 saturated heterocycles. The lowest BCUT2D eigenvalue weighted by atomic mass is 9.98. The van der Waals surface area contributed by atoms with Gasteiger partial charge in [-0.1, -0.05) is 36.4 Å². The van der Waals surface area contributed by atoms with Crippen LogP contribution < -0.4 is 15.6 Å². The Bertz CT molecular complexity index is 1200. The van der Waals surface area contributed by atoms with Crippen molar-refractivity contribution in [3.05, 3.63) is 93.7 Å². The van der Waals surface area contributed by atoms with Gasteiger partial charge in [0, 0.05) is 37.0 Å². The van der Waals surface area contributed by atoms with Crippen LogP contribution in [0.5, 0.6) is 11.5 Å². The maximum atomic E-state index is 14.9. The second-order valence-corrected chi connectivity index (χ2v) is 7.53. The number of halogens is 1. The van der Waals surface area contributed by atoms with Gasteiger partial charge in [0.05, 0.1) is 0 Å². The van der Waals surface area contributed by atoms with Gasteiger partial charge in [0.25, 0.3) is 5.56 Å². The number of aromatic nitrogens is 1. The summed E-state index contributed by atoms with van der Waals surface area (Å²) in [6.07, 6.45) is 2.61. The van der Waals surface area contributed by atoms with E-state index in [9.17, 15) is 14.0 Å². The average Bonchev–Trinajstić information content (AvgIpc) is 2.71. The fourth-order valence-corrected chi connectivity index (χ4v) is 3.60. The van der Waals surface area contributed by atoms with Crippen molar-refractivity contribution in [3.8, 4) is 22.6 Å². The molecule has 0 saturated carbocycles. The normalized spacial score (nSPS) is 10.6. The minimum absolute atomic E-state index is 0.144. The van der Waals surface area contributed by atoms with Gasteiger partial charge in [0.15, 0.2) is 0 Å². The number of benzene rings is 2. The zero-order valence-electron chi connectivity index (χ0n) is 18.1. The van der Waals surface area contributed by atoms with E-state index in [1.807, 2.05) is 32.9 Å². The van der Waals surface area contributed by atoms with Crippen LogP contribution in [0.2, 0.25) is 0 Å². The van der Waals surface area contributed by atoms with E-state index in [1.54, 1.807) is 25.2 Å². The first-order chi connectivity index (χ1) is 14.7. The molecule has 0 unspecified atom stereocenters. The van der Waals surface area contributed by atoms with Crippen LogP contribution >= 0.6 is 0 Å². The third-order valence-corrected chi connectivity index (χ3v) is 5.01. The zero-order chi connectivity index (χ0) is 22.7. The number of rotatable bonds is 6. The van der Waals surface area contributed by atoms with E-state index in [-0.39, 0.29) is 18.0 Å². The Kier molecular flexibility index (Phi) is 6.39. The molecule has 1 N–H and O–H groups in total. The van der Waals surface area contributed by atoms with Gasteiger partial charge in [-0.2, -0.15) is 0 Å². The van der Waals surface area contributed by atoms with Gasteiger partial charge in [-0.15, -0.1) is 0 Å². The van der Waals surface area contributed by atoms with Gasteiger partial charge >= 0.3 is 0 Å². The molecule has 1 aromatic heterocycles. The average molecular weight is 420 g/mol. The van der Waals surface area contributed by atoms with Crippen LogP contribution in [0.15, 0.2) is 60.0 Å². The molecule has 3 aromatic rings. The smallest absolute Gasteiger partial charge is 0.253 e. The topological polar surface area (TPSA) is 60.3 Å². The number of hydrogen-bond donors (Lipinski definition) is 1. The second kappa shape index (κ2) is 9.00. The van der Waals surface area contributed by atoms with Crippen LogP contribution in [-0.2, 0) is 18.4 Å². The van der Waals surface area contributed by atoms with E-state index in [2.05, 4.69) is 11.9 Å². The third-order valence-electron chi connectivity index (χ3n) is 5.01.